The van der Waals surface area contributed by atoms with Crippen LogP contribution in [0.15, 0.2) is 47.6 Å². The summed E-state index contributed by atoms with van der Waals surface area (Å²) in [6, 6.07) is 13.2. The molecule has 0 unspecified atom stereocenters. The van der Waals surface area contributed by atoms with E-state index in [1.165, 1.54) is 29.6 Å². The Labute approximate surface area is 244 Å². The first-order valence-electron chi connectivity index (χ1n) is 13.8. The number of carbonyl (C=O) groups is 2. The molecule has 2 fully saturated rings. The smallest absolute Gasteiger partial charge is 0.411 e. The average Bonchev–Trinajstić information content (AvgIpc) is 3.49. The summed E-state index contributed by atoms with van der Waals surface area (Å²) < 4.78 is 17.1. The molecule has 40 heavy (non-hydrogen) atoms. The highest BCUT2D eigenvalue weighted by Crippen LogP contribution is 2.33. The molecule has 11 heteroatoms. The first-order valence-corrected chi connectivity index (χ1v) is 15.9. The first-order chi connectivity index (χ1) is 19.6. The van der Waals surface area contributed by atoms with Gasteiger partial charge in [-0.05, 0) is 61.6 Å². The summed E-state index contributed by atoms with van der Waals surface area (Å²) in [5.74, 6) is 4.17. The van der Waals surface area contributed by atoms with Crippen molar-refractivity contribution in [2.24, 2.45) is 5.10 Å². The van der Waals surface area contributed by atoms with Gasteiger partial charge in [0.1, 0.15) is 6.61 Å². The van der Waals surface area contributed by atoms with E-state index >= 15 is 0 Å². The van der Waals surface area contributed by atoms with Crippen molar-refractivity contribution in [2.45, 2.75) is 38.3 Å². The van der Waals surface area contributed by atoms with Crippen LogP contribution in [0.4, 0.5) is 15.3 Å². The maximum Gasteiger partial charge on any atom is 0.411 e. The minimum atomic E-state index is -0.466. The number of hydrogen-bond acceptors (Lipinski definition) is 9. The van der Waals surface area contributed by atoms with Crippen molar-refractivity contribution in [3.8, 4) is 11.5 Å². The van der Waals surface area contributed by atoms with Gasteiger partial charge in [-0.15, -0.1) is 0 Å². The van der Waals surface area contributed by atoms with Gasteiger partial charge in [-0.25, -0.2) is 9.80 Å². The summed E-state index contributed by atoms with van der Waals surface area (Å²) in [6.45, 7) is 3.53. The Morgan fingerprint density at radius 3 is 2.60 bits per heavy atom. The van der Waals surface area contributed by atoms with Gasteiger partial charge in [0, 0.05) is 48.1 Å². The second-order valence-corrected chi connectivity index (χ2v) is 12.1. The third kappa shape index (κ3) is 7.86. The maximum atomic E-state index is 12.7. The number of rotatable bonds is 10. The molecule has 2 aromatic rings. The highest BCUT2D eigenvalue weighted by Gasteiger charge is 2.24. The SMILES string of the molecule is COc1ccc(C2=NN(Cc3ccc(NC(=O)OCCN4CCSCC4)cc3)C(=O)SC2)cc1OC1CCCC1. The van der Waals surface area contributed by atoms with E-state index in [2.05, 4.69) is 15.3 Å². The van der Waals surface area contributed by atoms with Crippen molar-refractivity contribution < 1.29 is 23.8 Å². The standard InChI is InChI=1S/C29H36N4O5S2/c1-36-26-11-8-22(18-27(26)38-24-4-2-3-5-24)25-20-40-29(35)33(31-25)19-21-6-9-23(10-7-21)30-28(34)37-15-12-32-13-16-39-17-14-32/h6-11,18,24H,2-5,12-17,19-20H2,1H3,(H,30,34). The molecule has 0 radical (unpaired) electrons. The predicted molar refractivity (Wildman–Crippen MR) is 161 cm³/mol. The Balaban J connectivity index is 1.17. The number of nitrogens with one attached hydrogen (secondary N) is 1. The molecule has 1 N–H and O–H groups in total. The zero-order chi connectivity index (χ0) is 27.7. The van der Waals surface area contributed by atoms with Crippen LogP contribution in [0, 0.1) is 0 Å². The molecule has 2 aliphatic heterocycles. The molecule has 0 bridgehead atoms. The molecular formula is C29H36N4O5S2. The lowest BCUT2D eigenvalue weighted by Gasteiger charge is -2.25. The van der Waals surface area contributed by atoms with Crippen molar-refractivity contribution >= 4 is 46.3 Å². The van der Waals surface area contributed by atoms with Gasteiger partial charge in [-0.1, -0.05) is 23.9 Å². The predicted octanol–water partition coefficient (Wildman–Crippen LogP) is 5.69. The molecule has 0 aromatic heterocycles. The maximum absolute atomic E-state index is 12.7. The number of hydrogen-bond donors (Lipinski definition) is 1. The van der Waals surface area contributed by atoms with Gasteiger partial charge < -0.3 is 14.2 Å². The van der Waals surface area contributed by atoms with Crippen LogP contribution >= 0.6 is 23.5 Å². The van der Waals surface area contributed by atoms with Gasteiger partial charge in [0.15, 0.2) is 11.5 Å². The molecular weight excluding hydrogens is 548 g/mol. The Hall–Kier alpha value is -2.89. The molecule has 3 aliphatic rings. The lowest BCUT2D eigenvalue weighted by molar-refractivity contribution is 0.142. The Kier molecular flexibility index (Phi) is 10.1. The summed E-state index contributed by atoms with van der Waals surface area (Å²) in [7, 11) is 1.64. The number of carbonyl (C=O) groups excluding carboxylic acids is 2. The Morgan fingerprint density at radius 2 is 1.85 bits per heavy atom. The number of methoxy groups -OCH3 is 1. The van der Waals surface area contributed by atoms with Gasteiger partial charge in [-0.2, -0.15) is 16.9 Å². The number of anilines is 1. The van der Waals surface area contributed by atoms with Crippen LogP contribution in [0.5, 0.6) is 11.5 Å². The second-order valence-electron chi connectivity index (χ2n) is 9.96. The zero-order valence-corrected chi connectivity index (χ0v) is 24.4. The summed E-state index contributed by atoms with van der Waals surface area (Å²) in [5, 5.41) is 8.85. The van der Waals surface area contributed by atoms with Crippen molar-refractivity contribution in [2.75, 3.05) is 55.9 Å². The first kappa shape index (κ1) is 28.6. The van der Waals surface area contributed by atoms with E-state index in [1.807, 2.05) is 42.1 Å². The third-order valence-electron chi connectivity index (χ3n) is 7.15. The molecule has 2 heterocycles. The normalized spacial score (nSPS) is 18.4. The van der Waals surface area contributed by atoms with Crippen molar-refractivity contribution in [3.05, 3.63) is 53.6 Å². The Morgan fingerprint density at radius 1 is 1.07 bits per heavy atom. The quantitative estimate of drug-likeness (QED) is 0.381. The van der Waals surface area contributed by atoms with E-state index in [0.717, 1.165) is 66.6 Å². The summed E-state index contributed by atoms with van der Waals surface area (Å²) in [4.78, 5) is 27.2. The summed E-state index contributed by atoms with van der Waals surface area (Å²) in [5.41, 5.74) is 3.27. The monoisotopic (exact) mass is 584 g/mol. The number of benzene rings is 2. The summed E-state index contributed by atoms with van der Waals surface area (Å²) in [6.07, 6.45) is 4.23. The molecule has 1 saturated heterocycles. The third-order valence-corrected chi connectivity index (χ3v) is 8.97. The molecule has 5 rings (SSSR count). The van der Waals surface area contributed by atoms with E-state index in [4.69, 9.17) is 14.2 Å². The minimum Gasteiger partial charge on any atom is -0.493 e. The fourth-order valence-electron chi connectivity index (χ4n) is 4.91. The fourth-order valence-corrected chi connectivity index (χ4v) is 6.63. The Bertz CT molecular complexity index is 1200. The topological polar surface area (TPSA) is 92.7 Å². The molecule has 214 valence electrons. The molecule has 0 atom stereocenters. The molecule has 1 aliphatic carbocycles. The summed E-state index contributed by atoms with van der Waals surface area (Å²) >= 11 is 3.19. The van der Waals surface area contributed by atoms with Gasteiger partial charge >= 0.3 is 11.3 Å². The zero-order valence-electron chi connectivity index (χ0n) is 22.8. The molecule has 2 aromatic carbocycles. The lowest BCUT2D eigenvalue weighted by atomic mass is 10.1. The largest absolute Gasteiger partial charge is 0.493 e. The van der Waals surface area contributed by atoms with E-state index in [-0.39, 0.29) is 11.3 Å². The van der Waals surface area contributed by atoms with Crippen LogP contribution < -0.4 is 14.8 Å². The number of hydrazone groups is 1. The van der Waals surface area contributed by atoms with Gasteiger partial charge in [-0.3, -0.25) is 15.0 Å². The average molecular weight is 585 g/mol. The molecule has 9 nitrogen and oxygen atoms in total. The van der Waals surface area contributed by atoms with Crippen LogP contribution in [0.3, 0.4) is 0 Å². The number of thioether (sulfide) groups is 2. The molecule has 1 saturated carbocycles. The molecule has 0 spiro atoms. The van der Waals surface area contributed by atoms with Gasteiger partial charge in [0.05, 0.1) is 25.5 Å². The highest BCUT2D eigenvalue weighted by atomic mass is 32.2. The van der Waals surface area contributed by atoms with Crippen LogP contribution in [0.1, 0.15) is 36.8 Å². The van der Waals surface area contributed by atoms with E-state index in [9.17, 15) is 9.59 Å². The number of amides is 2. The van der Waals surface area contributed by atoms with Crippen molar-refractivity contribution in [1.29, 1.82) is 0 Å². The lowest BCUT2D eigenvalue weighted by Crippen LogP contribution is -2.35. The van der Waals surface area contributed by atoms with Gasteiger partial charge in [0.2, 0.25) is 0 Å². The van der Waals surface area contributed by atoms with Crippen molar-refractivity contribution in [1.82, 2.24) is 9.91 Å². The highest BCUT2D eigenvalue weighted by molar-refractivity contribution is 8.14. The van der Waals surface area contributed by atoms with Crippen LogP contribution in [-0.4, -0.2) is 83.7 Å². The van der Waals surface area contributed by atoms with E-state index < -0.39 is 6.09 Å². The minimum absolute atomic E-state index is 0.0993. The van der Waals surface area contributed by atoms with Crippen LogP contribution in [0.2, 0.25) is 0 Å². The number of nitrogens with zero attached hydrogens (tertiary/aromatic N) is 3. The van der Waals surface area contributed by atoms with Crippen molar-refractivity contribution in [3.63, 3.8) is 0 Å². The van der Waals surface area contributed by atoms with Gasteiger partial charge in [0.25, 0.3) is 0 Å². The number of ether oxygens (including phenoxy) is 3. The second kappa shape index (κ2) is 14.1. The van der Waals surface area contributed by atoms with E-state index in [0.29, 0.717) is 30.3 Å². The fraction of sp³-hybridized carbons (Fsp3) is 0.483. The van der Waals surface area contributed by atoms with Crippen LogP contribution in [-0.2, 0) is 11.3 Å². The van der Waals surface area contributed by atoms with Crippen LogP contribution in [0.25, 0.3) is 0 Å². The van der Waals surface area contributed by atoms with E-state index in [1.54, 1.807) is 19.2 Å². The molecule has 2 amide bonds.